The second kappa shape index (κ2) is 6.39. The standard InChI is InChI=1S/C21H23N3O3/c1-3-21(2)19(26)24(20(27)22-21)13-14(25)12-23-17-10-6-4-8-15(17)16-9-5-7-11-18(16)23/h4-11,14,25H,3,12-13H2,1-2H3,(H,22,27). The Hall–Kier alpha value is -2.86. The van der Waals surface area contributed by atoms with Crippen LogP contribution in [0.4, 0.5) is 4.79 Å². The van der Waals surface area contributed by atoms with E-state index in [1.165, 1.54) is 0 Å². The molecular formula is C21H23N3O3. The SMILES string of the molecule is CCC1(C)NC(=O)N(CC(O)Cn2c3ccccc3c3ccccc32)C1=O. The number of aromatic nitrogens is 1. The number of hydrogen-bond acceptors (Lipinski definition) is 3. The summed E-state index contributed by atoms with van der Waals surface area (Å²) in [5.41, 5.74) is 1.16. The lowest BCUT2D eigenvalue weighted by Crippen LogP contribution is -2.44. The Bertz CT molecular complexity index is 988. The highest BCUT2D eigenvalue weighted by Crippen LogP contribution is 2.29. The van der Waals surface area contributed by atoms with Crippen molar-refractivity contribution in [1.29, 1.82) is 0 Å². The zero-order valence-corrected chi connectivity index (χ0v) is 15.5. The van der Waals surface area contributed by atoms with Crippen LogP contribution in [0.2, 0.25) is 0 Å². The summed E-state index contributed by atoms with van der Waals surface area (Å²) in [6, 6.07) is 15.6. The van der Waals surface area contributed by atoms with Gasteiger partial charge in [-0.15, -0.1) is 0 Å². The highest BCUT2D eigenvalue weighted by atomic mass is 16.3. The number of aliphatic hydroxyl groups excluding tert-OH is 1. The van der Waals surface area contributed by atoms with E-state index in [1.807, 2.05) is 47.9 Å². The summed E-state index contributed by atoms with van der Waals surface area (Å²) in [5.74, 6) is -0.281. The summed E-state index contributed by atoms with van der Waals surface area (Å²) in [4.78, 5) is 25.9. The molecule has 0 bridgehead atoms. The molecule has 0 aliphatic carbocycles. The summed E-state index contributed by atoms with van der Waals surface area (Å²) < 4.78 is 2.05. The fourth-order valence-corrected chi connectivity index (χ4v) is 3.83. The average Bonchev–Trinajstić information content (AvgIpc) is 3.10. The summed E-state index contributed by atoms with van der Waals surface area (Å²) in [6.45, 7) is 3.85. The van der Waals surface area contributed by atoms with Gasteiger partial charge in [0.05, 0.1) is 19.2 Å². The maximum atomic E-state index is 12.6. The van der Waals surface area contributed by atoms with Crippen molar-refractivity contribution in [2.24, 2.45) is 0 Å². The van der Waals surface area contributed by atoms with Gasteiger partial charge in [0.15, 0.2) is 0 Å². The van der Waals surface area contributed by atoms with Crippen LogP contribution in [0.1, 0.15) is 20.3 Å². The minimum atomic E-state index is -0.885. The molecule has 0 radical (unpaired) electrons. The fraction of sp³-hybridized carbons (Fsp3) is 0.333. The number of fused-ring (bicyclic) bond motifs is 3. The monoisotopic (exact) mass is 365 g/mol. The summed E-state index contributed by atoms with van der Waals surface area (Å²) in [5, 5.41) is 15.6. The Morgan fingerprint density at radius 3 is 2.07 bits per heavy atom. The zero-order chi connectivity index (χ0) is 19.2. The van der Waals surface area contributed by atoms with E-state index in [0.29, 0.717) is 13.0 Å². The van der Waals surface area contributed by atoms with Gasteiger partial charge < -0.3 is 15.0 Å². The Balaban J connectivity index is 1.63. The molecular weight excluding hydrogens is 342 g/mol. The van der Waals surface area contributed by atoms with Crippen LogP contribution in [0.15, 0.2) is 48.5 Å². The van der Waals surface area contributed by atoms with Crippen molar-refractivity contribution in [1.82, 2.24) is 14.8 Å². The van der Waals surface area contributed by atoms with Crippen molar-refractivity contribution in [2.45, 2.75) is 38.5 Å². The first-order chi connectivity index (χ1) is 12.9. The molecule has 0 saturated carbocycles. The number of imide groups is 1. The number of para-hydroxylation sites is 2. The number of hydrogen-bond donors (Lipinski definition) is 2. The molecule has 3 amide bonds. The predicted molar refractivity (Wildman–Crippen MR) is 104 cm³/mol. The van der Waals surface area contributed by atoms with E-state index in [0.717, 1.165) is 26.7 Å². The molecule has 27 heavy (non-hydrogen) atoms. The van der Waals surface area contributed by atoms with Crippen LogP contribution < -0.4 is 5.32 Å². The number of urea groups is 1. The van der Waals surface area contributed by atoms with Gasteiger partial charge in [0.2, 0.25) is 0 Å². The first kappa shape index (κ1) is 17.5. The second-order valence-corrected chi connectivity index (χ2v) is 7.33. The smallest absolute Gasteiger partial charge is 0.325 e. The molecule has 1 saturated heterocycles. The molecule has 2 aromatic carbocycles. The van der Waals surface area contributed by atoms with Gasteiger partial charge in [-0.2, -0.15) is 0 Å². The third kappa shape index (κ3) is 2.77. The number of carbonyl (C=O) groups excluding carboxylic acids is 2. The van der Waals surface area contributed by atoms with Crippen molar-refractivity contribution >= 4 is 33.7 Å². The number of aliphatic hydroxyl groups is 1. The number of benzene rings is 2. The number of rotatable bonds is 5. The van der Waals surface area contributed by atoms with Gasteiger partial charge in [-0.3, -0.25) is 9.69 Å². The van der Waals surface area contributed by atoms with Crippen LogP contribution in [-0.2, 0) is 11.3 Å². The Labute approximate surface area is 157 Å². The van der Waals surface area contributed by atoms with E-state index in [1.54, 1.807) is 6.92 Å². The van der Waals surface area contributed by atoms with Crippen LogP contribution in [0, 0.1) is 0 Å². The molecule has 2 heterocycles. The average molecular weight is 365 g/mol. The molecule has 2 atom stereocenters. The van der Waals surface area contributed by atoms with Crippen LogP contribution in [-0.4, -0.2) is 44.7 Å². The van der Waals surface area contributed by atoms with Gasteiger partial charge in [0.25, 0.3) is 5.91 Å². The predicted octanol–water partition coefficient (Wildman–Crippen LogP) is 2.88. The quantitative estimate of drug-likeness (QED) is 0.683. The van der Waals surface area contributed by atoms with Crippen molar-refractivity contribution in [3.63, 3.8) is 0 Å². The molecule has 1 aromatic heterocycles. The molecule has 6 nitrogen and oxygen atoms in total. The maximum Gasteiger partial charge on any atom is 0.325 e. The molecule has 2 N–H and O–H groups in total. The lowest BCUT2D eigenvalue weighted by molar-refractivity contribution is -0.131. The van der Waals surface area contributed by atoms with Crippen LogP contribution >= 0.6 is 0 Å². The number of amides is 3. The van der Waals surface area contributed by atoms with Crippen molar-refractivity contribution in [2.75, 3.05) is 6.54 Å². The van der Waals surface area contributed by atoms with E-state index < -0.39 is 17.7 Å². The molecule has 3 aromatic rings. The van der Waals surface area contributed by atoms with E-state index in [4.69, 9.17) is 0 Å². The van der Waals surface area contributed by atoms with Gasteiger partial charge in [-0.25, -0.2) is 4.79 Å². The lowest BCUT2D eigenvalue weighted by atomic mass is 9.99. The molecule has 0 spiro atoms. The van der Waals surface area contributed by atoms with E-state index >= 15 is 0 Å². The largest absolute Gasteiger partial charge is 0.389 e. The number of β-amino-alcohol motifs (C(OH)–C–C–N with tert-alkyl or cyclic N) is 1. The Morgan fingerprint density at radius 1 is 1.00 bits per heavy atom. The number of carbonyl (C=O) groups is 2. The highest BCUT2D eigenvalue weighted by Gasteiger charge is 2.46. The maximum absolute atomic E-state index is 12.6. The first-order valence-electron chi connectivity index (χ1n) is 9.23. The van der Waals surface area contributed by atoms with Gasteiger partial charge >= 0.3 is 6.03 Å². The van der Waals surface area contributed by atoms with Gasteiger partial charge in [0, 0.05) is 21.8 Å². The summed E-state index contributed by atoms with van der Waals surface area (Å²) in [7, 11) is 0. The Kier molecular flexibility index (Phi) is 4.15. The van der Waals surface area contributed by atoms with Crippen molar-refractivity contribution < 1.29 is 14.7 Å². The highest BCUT2D eigenvalue weighted by molar-refractivity contribution is 6.08. The third-order valence-electron chi connectivity index (χ3n) is 5.52. The van der Waals surface area contributed by atoms with Gasteiger partial charge in [-0.05, 0) is 25.5 Å². The molecule has 140 valence electrons. The second-order valence-electron chi connectivity index (χ2n) is 7.33. The molecule has 4 rings (SSSR count). The third-order valence-corrected chi connectivity index (χ3v) is 5.52. The minimum Gasteiger partial charge on any atom is -0.389 e. The normalized spacial score (nSPS) is 21.2. The van der Waals surface area contributed by atoms with Crippen molar-refractivity contribution in [3.8, 4) is 0 Å². The number of nitrogens with one attached hydrogen (secondary N) is 1. The Morgan fingerprint density at radius 2 is 1.56 bits per heavy atom. The molecule has 1 aliphatic rings. The van der Waals surface area contributed by atoms with E-state index in [2.05, 4.69) is 17.4 Å². The number of nitrogens with zero attached hydrogens (tertiary/aromatic N) is 2. The fourth-order valence-electron chi connectivity index (χ4n) is 3.83. The lowest BCUT2D eigenvalue weighted by Gasteiger charge is -2.21. The van der Waals surface area contributed by atoms with Crippen LogP contribution in [0.5, 0.6) is 0 Å². The van der Waals surface area contributed by atoms with Crippen LogP contribution in [0.25, 0.3) is 21.8 Å². The summed E-state index contributed by atoms with van der Waals surface area (Å²) >= 11 is 0. The molecule has 1 fully saturated rings. The first-order valence-corrected chi connectivity index (χ1v) is 9.23. The van der Waals surface area contributed by atoms with Gasteiger partial charge in [0.1, 0.15) is 5.54 Å². The molecule has 2 unspecified atom stereocenters. The van der Waals surface area contributed by atoms with Crippen molar-refractivity contribution in [3.05, 3.63) is 48.5 Å². The van der Waals surface area contributed by atoms with E-state index in [9.17, 15) is 14.7 Å². The topological polar surface area (TPSA) is 74.6 Å². The van der Waals surface area contributed by atoms with Gasteiger partial charge in [-0.1, -0.05) is 43.3 Å². The molecule has 1 aliphatic heterocycles. The summed E-state index contributed by atoms with van der Waals surface area (Å²) in [6.07, 6.45) is -0.352. The van der Waals surface area contributed by atoms with E-state index in [-0.39, 0.29) is 12.5 Å². The minimum absolute atomic E-state index is 0.0267. The zero-order valence-electron chi connectivity index (χ0n) is 15.5. The van der Waals surface area contributed by atoms with Crippen LogP contribution in [0.3, 0.4) is 0 Å². The molecule has 6 heteroatoms.